The standard InChI is InChI=1S/C12H18N4O/c1-8(2)13-5-11-6-17-12(15-11)16-7-14-9(3)10(16)4/h6-8,13H,5H2,1-4H3. The summed E-state index contributed by atoms with van der Waals surface area (Å²) >= 11 is 0. The molecule has 0 aromatic carbocycles. The van der Waals surface area contributed by atoms with E-state index in [1.165, 1.54) is 0 Å². The van der Waals surface area contributed by atoms with Gasteiger partial charge >= 0.3 is 6.01 Å². The van der Waals surface area contributed by atoms with E-state index < -0.39 is 0 Å². The Kier molecular flexibility index (Phi) is 3.28. The van der Waals surface area contributed by atoms with Gasteiger partial charge in [-0.3, -0.25) is 4.57 Å². The summed E-state index contributed by atoms with van der Waals surface area (Å²) in [5, 5.41) is 3.30. The van der Waals surface area contributed by atoms with Crippen LogP contribution in [0.25, 0.3) is 6.01 Å². The molecule has 0 aliphatic heterocycles. The summed E-state index contributed by atoms with van der Waals surface area (Å²) in [6, 6.07) is 1.01. The molecule has 92 valence electrons. The number of aromatic nitrogens is 3. The number of nitrogens with one attached hydrogen (secondary N) is 1. The Balaban J connectivity index is 2.15. The molecule has 2 aromatic heterocycles. The van der Waals surface area contributed by atoms with Crippen LogP contribution in [0.1, 0.15) is 30.9 Å². The first-order valence-corrected chi connectivity index (χ1v) is 5.76. The van der Waals surface area contributed by atoms with Gasteiger partial charge in [-0.05, 0) is 13.8 Å². The second-order valence-corrected chi connectivity index (χ2v) is 4.44. The summed E-state index contributed by atoms with van der Waals surface area (Å²) in [5.74, 6) is 0. The summed E-state index contributed by atoms with van der Waals surface area (Å²) in [5.41, 5.74) is 2.94. The predicted octanol–water partition coefficient (Wildman–Crippen LogP) is 1.98. The minimum Gasteiger partial charge on any atom is -0.431 e. The molecule has 0 aliphatic carbocycles. The topological polar surface area (TPSA) is 55.9 Å². The number of rotatable bonds is 4. The average Bonchev–Trinajstić information content (AvgIpc) is 2.85. The van der Waals surface area contributed by atoms with Crippen molar-refractivity contribution in [2.24, 2.45) is 0 Å². The maximum Gasteiger partial charge on any atom is 0.307 e. The molecule has 5 heteroatoms. The molecule has 0 unspecified atom stereocenters. The van der Waals surface area contributed by atoms with E-state index in [0.29, 0.717) is 18.6 Å². The molecule has 2 heterocycles. The Morgan fingerprint density at radius 2 is 2.18 bits per heavy atom. The normalized spacial score (nSPS) is 11.4. The maximum absolute atomic E-state index is 5.45. The van der Waals surface area contributed by atoms with E-state index in [1.54, 1.807) is 12.6 Å². The molecule has 0 radical (unpaired) electrons. The molecule has 17 heavy (non-hydrogen) atoms. The average molecular weight is 234 g/mol. The molecule has 2 rings (SSSR count). The van der Waals surface area contributed by atoms with E-state index in [-0.39, 0.29) is 0 Å². The number of hydrogen-bond donors (Lipinski definition) is 1. The van der Waals surface area contributed by atoms with Gasteiger partial charge in [-0.1, -0.05) is 13.8 Å². The van der Waals surface area contributed by atoms with E-state index in [4.69, 9.17) is 4.42 Å². The molecule has 0 aliphatic rings. The number of oxazole rings is 1. The molecule has 5 nitrogen and oxygen atoms in total. The Morgan fingerprint density at radius 1 is 1.41 bits per heavy atom. The van der Waals surface area contributed by atoms with Gasteiger partial charge in [0, 0.05) is 18.3 Å². The van der Waals surface area contributed by atoms with Gasteiger partial charge in [0.2, 0.25) is 0 Å². The monoisotopic (exact) mass is 234 g/mol. The summed E-state index contributed by atoms with van der Waals surface area (Å²) < 4.78 is 7.30. The first-order chi connectivity index (χ1) is 8.08. The zero-order valence-corrected chi connectivity index (χ0v) is 10.7. The Labute approximate surface area is 101 Å². The van der Waals surface area contributed by atoms with Crippen molar-refractivity contribution >= 4 is 0 Å². The maximum atomic E-state index is 5.45. The van der Waals surface area contributed by atoms with Crippen molar-refractivity contribution in [1.29, 1.82) is 0 Å². The molecule has 0 saturated carbocycles. The van der Waals surface area contributed by atoms with Crippen LogP contribution in [0.15, 0.2) is 17.0 Å². The van der Waals surface area contributed by atoms with E-state index in [0.717, 1.165) is 17.1 Å². The van der Waals surface area contributed by atoms with Crippen molar-refractivity contribution in [2.75, 3.05) is 0 Å². The molecule has 0 atom stereocenters. The number of nitrogens with zero attached hydrogens (tertiary/aromatic N) is 3. The molecule has 0 bridgehead atoms. The van der Waals surface area contributed by atoms with Crippen molar-refractivity contribution in [3.8, 4) is 6.01 Å². The Morgan fingerprint density at radius 3 is 2.76 bits per heavy atom. The van der Waals surface area contributed by atoms with Gasteiger partial charge in [0.25, 0.3) is 0 Å². The summed E-state index contributed by atoms with van der Waals surface area (Å²) in [4.78, 5) is 8.64. The van der Waals surface area contributed by atoms with Crippen molar-refractivity contribution in [2.45, 2.75) is 40.3 Å². The zero-order valence-electron chi connectivity index (χ0n) is 10.7. The molecule has 0 fully saturated rings. The van der Waals surface area contributed by atoms with E-state index >= 15 is 0 Å². The first kappa shape index (κ1) is 11.9. The van der Waals surface area contributed by atoms with Crippen molar-refractivity contribution in [3.63, 3.8) is 0 Å². The van der Waals surface area contributed by atoms with E-state index in [9.17, 15) is 0 Å². The van der Waals surface area contributed by atoms with Crippen LogP contribution in [0, 0.1) is 13.8 Å². The second-order valence-electron chi connectivity index (χ2n) is 4.44. The third-order valence-electron chi connectivity index (χ3n) is 2.69. The van der Waals surface area contributed by atoms with Crippen molar-refractivity contribution in [1.82, 2.24) is 19.9 Å². The highest BCUT2D eigenvalue weighted by atomic mass is 16.4. The van der Waals surface area contributed by atoms with Crippen LogP contribution >= 0.6 is 0 Å². The lowest BCUT2D eigenvalue weighted by atomic mass is 10.4. The Bertz CT molecular complexity index is 498. The SMILES string of the molecule is Cc1ncn(-c2nc(CNC(C)C)co2)c1C. The number of imidazole rings is 1. The molecular weight excluding hydrogens is 216 g/mol. The lowest BCUT2D eigenvalue weighted by molar-refractivity contribution is 0.521. The van der Waals surface area contributed by atoms with Crippen LogP contribution in [0.3, 0.4) is 0 Å². The fraction of sp³-hybridized carbons (Fsp3) is 0.500. The van der Waals surface area contributed by atoms with Crippen LogP contribution in [-0.2, 0) is 6.54 Å². The van der Waals surface area contributed by atoms with Crippen LogP contribution in [0.5, 0.6) is 0 Å². The van der Waals surface area contributed by atoms with Gasteiger partial charge in [0.1, 0.15) is 12.6 Å². The van der Waals surface area contributed by atoms with Gasteiger partial charge in [0.05, 0.1) is 11.4 Å². The molecule has 2 aromatic rings. The fourth-order valence-corrected chi connectivity index (χ4v) is 1.49. The minimum atomic E-state index is 0.437. The van der Waals surface area contributed by atoms with Gasteiger partial charge in [-0.25, -0.2) is 4.98 Å². The molecule has 1 N–H and O–H groups in total. The highest BCUT2D eigenvalue weighted by Gasteiger charge is 2.10. The van der Waals surface area contributed by atoms with Gasteiger partial charge in [0.15, 0.2) is 0 Å². The van der Waals surface area contributed by atoms with Crippen LogP contribution in [-0.4, -0.2) is 20.6 Å². The van der Waals surface area contributed by atoms with Crippen molar-refractivity contribution in [3.05, 3.63) is 29.7 Å². The van der Waals surface area contributed by atoms with Crippen LogP contribution in [0.4, 0.5) is 0 Å². The van der Waals surface area contributed by atoms with E-state index in [2.05, 4.69) is 29.1 Å². The van der Waals surface area contributed by atoms with Crippen LogP contribution in [0.2, 0.25) is 0 Å². The number of hydrogen-bond acceptors (Lipinski definition) is 4. The molecule has 0 saturated heterocycles. The first-order valence-electron chi connectivity index (χ1n) is 5.76. The third-order valence-corrected chi connectivity index (χ3v) is 2.69. The summed E-state index contributed by atoms with van der Waals surface area (Å²) in [6.07, 6.45) is 3.41. The van der Waals surface area contributed by atoms with Crippen molar-refractivity contribution < 1.29 is 4.42 Å². The van der Waals surface area contributed by atoms with Gasteiger partial charge < -0.3 is 9.73 Å². The fourth-order valence-electron chi connectivity index (χ4n) is 1.49. The highest BCUT2D eigenvalue weighted by molar-refractivity contribution is 5.20. The Hall–Kier alpha value is -1.62. The quantitative estimate of drug-likeness (QED) is 0.878. The lowest BCUT2D eigenvalue weighted by Crippen LogP contribution is -2.21. The van der Waals surface area contributed by atoms with Gasteiger partial charge in [-0.15, -0.1) is 0 Å². The highest BCUT2D eigenvalue weighted by Crippen LogP contribution is 2.13. The molecular formula is C12H18N4O. The number of aryl methyl sites for hydroxylation is 1. The third kappa shape index (κ3) is 2.55. The zero-order chi connectivity index (χ0) is 12.4. The summed E-state index contributed by atoms with van der Waals surface area (Å²) in [6.45, 7) is 8.89. The van der Waals surface area contributed by atoms with Crippen LogP contribution < -0.4 is 5.32 Å². The summed E-state index contributed by atoms with van der Waals surface area (Å²) in [7, 11) is 0. The lowest BCUT2D eigenvalue weighted by Gasteiger charge is -2.04. The smallest absolute Gasteiger partial charge is 0.307 e. The minimum absolute atomic E-state index is 0.437. The molecule has 0 amide bonds. The second kappa shape index (κ2) is 4.71. The van der Waals surface area contributed by atoms with Gasteiger partial charge in [-0.2, -0.15) is 4.98 Å². The van der Waals surface area contributed by atoms with E-state index in [1.807, 2.05) is 18.4 Å². The molecule has 0 spiro atoms. The largest absolute Gasteiger partial charge is 0.431 e. The predicted molar refractivity (Wildman–Crippen MR) is 65.1 cm³/mol.